The number of hydrogen-bond donors (Lipinski definition) is 3. The van der Waals surface area contributed by atoms with Crippen molar-refractivity contribution in [1.82, 2.24) is 10.6 Å². The van der Waals surface area contributed by atoms with Gasteiger partial charge < -0.3 is 16.4 Å². The molecule has 4 N–H and O–H groups in total. The quantitative estimate of drug-likeness (QED) is 0.691. The maximum absolute atomic E-state index is 12.0. The largest absolute Gasteiger partial charge is 0.334 e. The molecule has 2 unspecified atom stereocenters. The van der Waals surface area contributed by atoms with E-state index in [1.807, 2.05) is 0 Å². The zero-order valence-corrected chi connectivity index (χ0v) is 10.8. The highest BCUT2D eigenvalue weighted by Gasteiger charge is 2.51. The maximum Gasteiger partial charge on any atom is 0.315 e. The van der Waals surface area contributed by atoms with Crippen LogP contribution in [-0.4, -0.2) is 23.7 Å². The van der Waals surface area contributed by atoms with Gasteiger partial charge in [-0.2, -0.15) is 0 Å². The van der Waals surface area contributed by atoms with E-state index in [0.717, 1.165) is 24.2 Å². The minimum absolute atomic E-state index is 0.0231. The molecule has 5 aliphatic rings. The molecule has 2 amide bonds. The van der Waals surface area contributed by atoms with Gasteiger partial charge in [0.05, 0.1) is 0 Å². The molecule has 5 rings (SSSR count). The van der Waals surface area contributed by atoms with Gasteiger partial charge >= 0.3 is 6.03 Å². The van der Waals surface area contributed by atoms with E-state index >= 15 is 0 Å². The minimum Gasteiger partial charge on any atom is -0.334 e. The van der Waals surface area contributed by atoms with Crippen LogP contribution in [0.25, 0.3) is 0 Å². The van der Waals surface area contributed by atoms with Crippen LogP contribution in [0.15, 0.2) is 0 Å². The van der Waals surface area contributed by atoms with Crippen LogP contribution in [0, 0.1) is 17.8 Å². The lowest BCUT2D eigenvalue weighted by Crippen LogP contribution is -2.61. The topological polar surface area (TPSA) is 67.1 Å². The molecule has 2 atom stereocenters. The summed E-state index contributed by atoms with van der Waals surface area (Å²) in [6.07, 6.45) is 8.81. The lowest BCUT2D eigenvalue weighted by Gasteiger charge is -2.56. The summed E-state index contributed by atoms with van der Waals surface area (Å²) in [5.41, 5.74) is 5.86. The van der Waals surface area contributed by atoms with Gasteiger partial charge in [0.1, 0.15) is 0 Å². The normalized spacial score (nSPS) is 52.2. The molecule has 4 heteroatoms. The lowest BCUT2D eigenvalue weighted by molar-refractivity contribution is -0.0135. The number of amides is 2. The summed E-state index contributed by atoms with van der Waals surface area (Å²) in [7, 11) is 0. The molecule has 5 fully saturated rings. The fourth-order valence-corrected chi connectivity index (χ4v) is 5.09. The van der Waals surface area contributed by atoms with Crippen LogP contribution in [0.3, 0.4) is 0 Å². The van der Waals surface area contributed by atoms with Gasteiger partial charge in [0.2, 0.25) is 0 Å². The van der Waals surface area contributed by atoms with Crippen LogP contribution in [0.2, 0.25) is 0 Å². The molecule has 0 radical (unpaired) electrons. The molecule has 4 bridgehead atoms. The first-order valence-corrected chi connectivity index (χ1v) is 7.46. The Kier molecular flexibility index (Phi) is 2.23. The second-order valence-corrected chi connectivity index (χ2v) is 7.30. The molecule has 0 aromatic carbocycles. The van der Waals surface area contributed by atoms with Gasteiger partial charge in [0.15, 0.2) is 0 Å². The molecule has 4 nitrogen and oxygen atoms in total. The highest BCUT2D eigenvalue weighted by atomic mass is 16.2. The van der Waals surface area contributed by atoms with E-state index in [9.17, 15) is 4.79 Å². The van der Waals surface area contributed by atoms with Gasteiger partial charge in [-0.1, -0.05) is 0 Å². The minimum atomic E-state index is 0.0231. The highest BCUT2D eigenvalue weighted by molar-refractivity contribution is 5.75. The van der Waals surface area contributed by atoms with Crippen molar-refractivity contribution in [2.45, 2.75) is 62.6 Å². The van der Waals surface area contributed by atoms with Crippen molar-refractivity contribution in [2.24, 2.45) is 23.5 Å². The molecule has 5 aliphatic carbocycles. The summed E-state index contributed by atoms with van der Waals surface area (Å²) in [6.45, 7) is 0. The summed E-state index contributed by atoms with van der Waals surface area (Å²) >= 11 is 0. The van der Waals surface area contributed by atoms with Crippen molar-refractivity contribution in [1.29, 1.82) is 0 Å². The molecule has 0 spiro atoms. The molecule has 0 aromatic heterocycles. The Morgan fingerprint density at radius 1 is 1.00 bits per heavy atom. The summed E-state index contributed by atoms with van der Waals surface area (Å²) in [5, 5.41) is 6.31. The van der Waals surface area contributed by atoms with Gasteiger partial charge in [0.25, 0.3) is 0 Å². The Labute approximate surface area is 108 Å². The number of nitrogens with one attached hydrogen (secondary N) is 2. The van der Waals surface area contributed by atoms with Crippen LogP contribution in [-0.2, 0) is 0 Å². The van der Waals surface area contributed by atoms with Crippen LogP contribution < -0.4 is 16.4 Å². The van der Waals surface area contributed by atoms with E-state index in [1.165, 1.54) is 38.5 Å². The average Bonchev–Trinajstić information content (AvgIpc) is 2.90. The van der Waals surface area contributed by atoms with Crippen molar-refractivity contribution in [3.05, 3.63) is 0 Å². The molecule has 0 saturated heterocycles. The lowest BCUT2D eigenvalue weighted by atomic mass is 9.53. The fourth-order valence-electron chi connectivity index (χ4n) is 5.09. The summed E-state index contributed by atoms with van der Waals surface area (Å²) < 4.78 is 0. The predicted octanol–water partition coefficient (Wildman–Crippen LogP) is 1.35. The van der Waals surface area contributed by atoms with Crippen LogP contribution in [0.5, 0.6) is 0 Å². The summed E-state index contributed by atoms with van der Waals surface area (Å²) in [4.78, 5) is 12.0. The average molecular weight is 249 g/mol. The summed E-state index contributed by atoms with van der Waals surface area (Å²) in [6, 6.07) is 0.431. The van der Waals surface area contributed by atoms with Crippen LogP contribution in [0.4, 0.5) is 4.79 Å². The van der Waals surface area contributed by atoms with Crippen molar-refractivity contribution in [2.75, 3.05) is 0 Å². The van der Waals surface area contributed by atoms with E-state index in [-0.39, 0.29) is 23.7 Å². The molecule has 0 aliphatic heterocycles. The zero-order chi connectivity index (χ0) is 12.3. The number of nitrogens with two attached hydrogens (primary N) is 1. The van der Waals surface area contributed by atoms with Gasteiger partial charge in [-0.25, -0.2) is 4.79 Å². The third kappa shape index (κ3) is 1.81. The van der Waals surface area contributed by atoms with Gasteiger partial charge in [-0.15, -0.1) is 0 Å². The van der Waals surface area contributed by atoms with Crippen molar-refractivity contribution in [3.63, 3.8) is 0 Å². The molecule has 0 heterocycles. The highest BCUT2D eigenvalue weighted by Crippen LogP contribution is 2.55. The Bertz CT molecular complexity index is 346. The van der Waals surface area contributed by atoms with Crippen LogP contribution >= 0.6 is 0 Å². The van der Waals surface area contributed by atoms with Gasteiger partial charge in [-0.05, 0) is 62.7 Å². The smallest absolute Gasteiger partial charge is 0.315 e. The number of carbonyl (C=O) groups excluding carboxylic acids is 1. The molecule has 100 valence electrons. The number of rotatable bonds is 2. The Hall–Kier alpha value is -0.770. The molecule has 0 aromatic rings. The first-order valence-electron chi connectivity index (χ1n) is 7.46. The monoisotopic (exact) mass is 249 g/mol. The Balaban J connectivity index is 1.42. The van der Waals surface area contributed by atoms with E-state index in [0.29, 0.717) is 0 Å². The zero-order valence-electron chi connectivity index (χ0n) is 10.8. The van der Waals surface area contributed by atoms with E-state index in [2.05, 4.69) is 10.6 Å². The molecular weight excluding hydrogens is 226 g/mol. The second-order valence-electron chi connectivity index (χ2n) is 7.30. The fraction of sp³-hybridized carbons (Fsp3) is 0.929. The van der Waals surface area contributed by atoms with Crippen LogP contribution in [0.1, 0.15) is 44.9 Å². The van der Waals surface area contributed by atoms with Gasteiger partial charge in [-0.3, -0.25) is 0 Å². The second kappa shape index (κ2) is 3.62. The van der Waals surface area contributed by atoms with E-state index in [1.54, 1.807) is 0 Å². The molecular formula is C14H23N3O. The first-order chi connectivity index (χ1) is 8.62. The van der Waals surface area contributed by atoms with Crippen molar-refractivity contribution in [3.8, 4) is 0 Å². The summed E-state index contributed by atoms with van der Waals surface area (Å²) in [5.74, 6) is 2.62. The third-order valence-electron chi connectivity index (χ3n) is 5.57. The van der Waals surface area contributed by atoms with Crippen molar-refractivity contribution >= 4 is 6.03 Å². The molecule has 5 saturated carbocycles. The van der Waals surface area contributed by atoms with Gasteiger partial charge in [0, 0.05) is 17.6 Å². The Morgan fingerprint density at radius 3 is 1.94 bits per heavy atom. The standard InChI is InChI=1S/C14H23N3O/c15-11-4-12(11)16-13(18)17-14-5-8-1-9(6-14)3-10(2-8)7-14/h8-12H,1-7,15H2,(H2,16,17,18). The van der Waals surface area contributed by atoms with Crippen molar-refractivity contribution < 1.29 is 4.79 Å². The predicted molar refractivity (Wildman–Crippen MR) is 69.0 cm³/mol. The third-order valence-corrected chi connectivity index (χ3v) is 5.57. The number of hydrogen-bond acceptors (Lipinski definition) is 2. The molecule has 18 heavy (non-hydrogen) atoms. The van der Waals surface area contributed by atoms with E-state index in [4.69, 9.17) is 5.73 Å². The number of urea groups is 1. The Morgan fingerprint density at radius 2 is 1.50 bits per heavy atom. The maximum atomic E-state index is 12.0. The number of carbonyl (C=O) groups is 1. The van der Waals surface area contributed by atoms with E-state index < -0.39 is 0 Å². The first kappa shape index (κ1) is 11.1. The SMILES string of the molecule is NC1CC1NC(=O)NC12CC3CC(CC(C3)C1)C2.